The molecule has 0 aliphatic heterocycles. The van der Waals surface area contributed by atoms with E-state index in [2.05, 4.69) is 19.9 Å². The first kappa shape index (κ1) is 18.3. The second-order valence-electron chi connectivity index (χ2n) is 6.85. The molecule has 130 valence electrons. The molecule has 0 unspecified atom stereocenters. The molecular formula is C21H28O3. The van der Waals surface area contributed by atoms with Gasteiger partial charge >= 0.3 is 5.97 Å². The van der Waals surface area contributed by atoms with Crippen molar-refractivity contribution in [2.75, 3.05) is 0 Å². The van der Waals surface area contributed by atoms with Crippen LogP contribution in [-0.4, -0.2) is 12.1 Å². The lowest BCUT2D eigenvalue weighted by molar-refractivity contribution is -0.140. The maximum Gasteiger partial charge on any atom is 0.314 e. The molecule has 1 aromatic rings. The maximum absolute atomic E-state index is 12.3. The van der Waals surface area contributed by atoms with E-state index in [1.165, 1.54) is 5.57 Å². The van der Waals surface area contributed by atoms with Gasteiger partial charge in [0, 0.05) is 0 Å². The molecule has 0 N–H and O–H groups in total. The van der Waals surface area contributed by atoms with Crippen LogP contribution in [0.25, 0.3) is 0 Å². The van der Waals surface area contributed by atoms with E-state index in [9.17, 15) is 4.79 Å². The van der Waals surface area contributed by atoms with Crippen LogP contribution in [0.15, 0.2) is 47.7 Å². The van der Waals surface area contributed by atoms with Crippen LogP contribution >= 0.6 is 0 Å². The highest BCUT2D eigenvalue weighted by atomic mass is 16.5. The first-order chi connectivity index (χ1) is 11.4. The lowest BCUT2D eigenvalue weighted by Gasteiger charge is -2.28. The first-order valence-electron chi connectivity index (χ1n) is 8.71. The minimum atomic E-state index is -0.117. The third-order valence-electron chi connectivity index (χ3n) is 4.25. The number of esters is 1. The normalized spacial score (nSPS) is 21.1. The predicted octanol–water partition coefficient (Wildman–Crippen LogP) is 5.35. The highest BCUT2D eigenvalue weighted by Crippen LogP contribution is 2.29. The van der Waals surface area contributed by atoms with E-state index in [-0.39, 0.29) is 18.0 Å². The fraction of sp³-hybridized carbons (Fsp3) is 0.476. The Hall–Kier alpha value is -2.03. The second-order valence-corrected chi connectivity index (χ2v) is 6.85. The number of benzene rings is 1. The van der Waals surface area contributed by atoms with E-state index < -0.39 is 0 Å². The van der Waals surface area contributed by atoms with Gasteiger partial charge in [0.05, 0.1) is 17.8 Å². The highest BCUT2D eigenvalue weighted by molar-refractivity contribution is 5.75. The zero-order valence-electron chi connectivity index (χ0n) is 15.2. The van der Waals surface area contributed by atoms with Crippen molar-refractivity contribution in [3.63, 3.8) is 0 Å². The van der Waals surface area contributed by atoms with E-state index in [4.69, 9.17) is 9.47 Å². The highest BCUT2D eigenvalue weighted by Gasteiger charge is 2.28. The van der Waals surface area contributed by atoms with Gasteiger partial charge in [-0.1, -0.05) is 29.3 Å². The van der Waals surface area contributed by atoms with Crippen molar-refractivity contribution in [3.05, 3.63) is 53.3 Å². The summed E-state index contributed by atoms with van der Waals surface area (Å²) in [5, 5.41) is 0. The Labute approximate surface area is 145 Å². The second kappa shape index (κ2) is 8.72. The molecule has 1 aromatic carbocycles. The third-order valence-corrected chi connectivity index (χ3v) is 4.25. The summed E-state index contributed by atoms with van der Waals surface area (Å²) < 4.78 is 11.5. The summed E-state index contributed by atoms with van der Waals surface area (Å²) in [6.07, 6.45) is 7.71. The Morgan fingerprint density at radius 1 is 1.00 bits per heavy atom. The molecule has 0 atom stereocenters. The summed E-state index contributed by atoms with van der Waals surface area (Å²) >= 11 is 0. The van der Waals surface area contributed by atoms with E-state index >= 15 is 0 Å². The first-order valence-corrected chi connectivity index (χ1v) is 8.71. The number of hydrogen-bond acceptors (Lipinski definition) is 3. The van der Waals surface area contributed by atoms with Crippen molar-refractivity contribution >= 4 is 5.97 Å². The summed E-state index contributed by atoms with van der Waals surface area (Å²) in [7, 11) is 0. The zero-order chi connectivity index (χ0) is 17.5. The molecule has 0 spiro atoms. The number of aryl methyl sites for hydroxylation is 1. The fourth-order valence-electron chi connectivity index (χ4n) is 2.81. The van der Waals surface area contributed by atoms with Crippen molar-refractivity contribution in [2.24, 2.45) is 5.92 Å². The molecule has 0 aromatic heterocycles. The van der Waals surface area contributed by atoms with Crippen LogP contribution in [0.4, 0.5) is 0 Å². The molecule has 1 fully saturated rings. The minimum absolute atomic E-state index is 0.0202. The SMILES string of the molecule is CC(C)=C/C=C(\C)OC1CCC(C(=O)Oc2ccc(C)cc2)CC1. The number of rotatable bonds is 5. The number of hydrogen-bond donors (Lipinski definition) is 0. The van der Waals surface area contributed by atoms with E-state index in [1.54, 1.807) is 0 Å². The van der Waals surface area contributed by atoms with Crippen LogP contribution in [0.5, 0.6) is 5.75 Å². The quantitative estimate of drug-likeness (QED) is 0.316. The Balaban J connectivity index is 1.79. The van der Waals surface area contributed by atoms with E-state index in [0.717, 1.165) is 37.0 Å². The molecule has 1 aliphatic rings. The van der Waals surface area contributed by atoms with Gasteiger partial charge in [-0.2, -0.15) is 0 Å². The Morgan fingerprint density at radius 3 is 2.21 bits per heavy atom. The number of carbonyl (C=O) groups is 1. The average molecular weight is 328 g/mol. The van der Waals surface area contributed by atoms with Gasteiger partial charge in [0.15, 0.2) is 0 Å². The zero-order valence-corrected chi connectivity index (χ0v) is 15.2. The average Bonchev–Trinajstić information content (AvgIpc) is 2.55. The van der Waals surface area contributed by atoms with Crippen LogP contribution in [0.3, 0.4) is 0 Å². The van der Waals surface area contributed by atoms with Gasteiger partial charge < -0.3 is 9.47 Å². The Kier molecular flexibility index (Phi) is 6.65. The van der Waals surface area contributed by atoms with Gasteiger partial charge in [0.25, 0.3) is 0 Å². The van der Waals surface area contributed by atoms with Crippen LogP contribution in [0.2, 0.25) is 0 Å². The van der Waals surface area contributed by atoms with Gasteiger partial charge in [-0.15, -0.1) is 0 Å². The van der Waals surface area contributed by atoms with Crippen LogP contribution in [-0.2, 0) is 9.53 Å². The van der Waals surface area contributed by atoms with E-state index in [0.29, 0.717) is 5.75 Å². The van der Waals surface area contributed by atoms with Gasteiger partial charge in [0.1, 0.15) is 5.75 Å². The summed E-state index contributed by atoms with van der Waals surface area (Å²) in [6.45, 7) is 8.13. The van der Waals surface area contributed by atoms with Crippen molar-refractivity contribution in [3.8, 4) is 5.75 Å². The molecule has 2 rings (SSSR count). The summed E-state index contributed by atoms with van der Waals surface area (Å²) in [5.74, 6) is 1.42. The summed E-state index contributed by atoms with van der Waals surface area (Å²) in [5.41, 5.74) is 2.41. The lowest BCUT2D eigenvalue weighted by Crippen LogP contribution is -2.28. The van der Waals surface area contributed by atoms with Crippen molar-refractivity contribution in [1.29, 1.82) is 0 Å². The smallest absolute Gasteiger partial charge is 0.314 e. The molecule has 3 heteroatoms. The fourth-order valence-corrected chi connectivity index (χ4v) is 2.81. The minimum Gasteiger partial charge on any atom is -0.495 e. The van der Waals surface area contributed by atoms with Crippen molar-refractivity contribution in [2.45, 2.75) is 59.5 Å². The molecule has 0 heterocycles. The van der Waals surface area contributed by atoms with Crippen molar-refractivity contribution < 1.29 is 14.3 Å². The molecule has 0 radical (unpaired) electrons. The van der Waals surface area contributed by atoms with Gasteiger partial charge in [0.2, 0.25) is 0 Å². The summed E-state index contributed by atoms with van der Waals surface area (Å²) in [4.78, 5) is 12.3. The topological polar surface area (TPSA) is 35.5 Å². The van der Waals surface area contributed by atoms with E-state index in [1.807, 2.05) is 44.2 Å². The molecular weight excluding hydrogens is 300 g/mol. The molecule has 1 saturated carbocycles. The molecule has 0 bridgehead atoms. The third kappa shape index (κ3) is 5.88. The number of ether oxygens (including phenoxy) is 2. The monoisotopic (exact) mass is 328 g/mol. The van der Waals surface area contributed by atoms with Crippen molar-refractivity contribution in [1.82, 2.24) is 0 Å². The molecule has 0 saturated heterocycles. The van der Waals surface area contributed by atoms with Crippen LogP contribution in [0.1, 0.15) is 52.0 Å². The van der Waals surface area contributed by atoms with Gasteiger partial charge in [-0.05, 0) is 71.6 Å². The maximum atomic E-state index is 12.3. The Bertz CT molecular complexity index is 598. The largest absolute Gasteiger partial charge is 0.495 e. The Morgan fingerprint density at radius 2 is 1.62 bits per heavy atom. The lowest BCUT2D eigenvalue weighted by atomic mass is 9.87. The van der Waals surface area contributed by atoms with Gasteiger partial charge in [-0.25, -0.2) is 0 Å². The van der Waals surface area contributed by atoms with Crippen LogP contribution < -0.4 is 4.74 Å². The molecule has 1 aliphatic carbocycles. The molecule has 3 nitrogen and oxygen atoms in total. The standard InChI is InChI=1S/C21H28O3/c1-15(2)5-8-17(4)23-19-13-9-18(10-14-19)21(22)24-20-11-6-16(3)7-12-20/h5-8,11-12,18-19H,9-10,13-14H2,1-4H3/b17-8+. The summed E-state index contributed by atoms with van der Waals surface area (Å²) in [6, 6.07) is 7.60. The number of carbonyl (C=O) groups excluding carboxylic acids is 1. The number of allylic oxidation sites excluding steroid dienone is 4. The molecule has 0 amide bonds. The van der Waals surface area contributed by atoms with Crippen LogP contribution in [0, 0.1) is 12.8 Å². The predicted molar refractivity (Wildman–Crippen MR) is 96.8 cm³/mol. The van der Waals surface area contributed by atoms with Gasteiger partial charge in [-0.3, -0.25) is 4.79 Å². The molecule has 24 heavy (non-hydrogen) atoms.